The summed E-state index contributed by atoms with van der Waals surface area (Å²) >= 11 is 0. The maximum atomic E-state index is 11.7. The molecule has 0 aliphatic carbocycles. The predicted molar refractivity (Wildman–Crippen MR) is 68.0 cm³/mol. The standard InChI is InChI=1S/C12H12N4O4/c1-20-12(17)9-3-2-4-15(9)11-10(16(18)19)5-8(6-13)7-14-11/h5,7,9H,2-4H2,1H3. The van der Waals surface area contributed by atoms with E-state index in [-0.39, 0.29) is 17.1 Å². The van der Waals surface area contributed by atoms with Gasteiger partial charge in [0.2, 0.25) is 5.82 Å². The first-order valence-electron chi connectivity index (χ1n) is 5.97. The van der Waals surface area contributed by atoms with E-state index in [1.54, 1.807) is 4.90 Å². The molecule has 1 aliphatic heterocycles. The molecule has 0 aromatic carbocycles. The fourth-order valence-corrected chi connectivity index (χ4v) is 2.26. The molecule has 20 heavy (non-hydrogen) atoms. The number of aromatic nitrogens is 1. The zero-order valence-electron chi connectivity index (χ0n) is 10.8. The van der Waals surface area contributed by atoms with E-state index in [0.717, 1.165) is 12.5 Å². The van der Waals surface area contributed by atoms with Gasteiger partial charge in [-0.05, 0) is 12.8 Å². The van der Waals surface area contributed by atoms with Crippen molar-refractivity contribution in [1.29, 1.82) is 5.26 Å². The average molecular weight is 276 g/mol. The molecule has 2 heterocycles. The minimum Gasteiger partial charge on any atom is -0.467 e. The summed E-state index contributed by atoms with van der Waals surface area (Å²) in [6.45, 7) is 0.486. The Kier molecular flexibility index (Phi) is 3.79. The van der Waals surface area contributed by atoms with E-state index >= 15 is 0 Å². The van der Waals surface area contributed by atoms with Gasteiger partial charge < -0.3 is 9.64 Å². The summed E-state index contributed by atoms with van der Waals surface area (Å²) in [5.74, 6) is -0.343. The molecular weight excluding hydrogens is 264 g/mol. The summed E-state index contributed by atoms with van der Waals surface area (Å²) in [5.41, 5.74) is -0.172. The minimum atomic E-state index is -0.601. The number of ether oxygens (including phenoxy) is 1. The Hall–Kier alpha value is -2.69. The number of carbonyl (C=O) groups excluding carboxylic acids is 1. The molecule has 1 aromatic rings. The number of methoxy groups -OCH3 is 1. The quantitative estimate of drug-likeness (QED) is 0.460. The molecule has 1 saturated heterocycles. The average Bonchev–Trinajstić information content (AvgIpc) is 2.94. The van der Waals surface area contributed by atoms with E-state index in [0.29, 0.717) is 13.0 Å². The van der Waals surface area contributed by atoms with Gasteiger partial charge in [0.15, 0.2) is 0 Å². The van der Waals surface area contributed by atoms with Crippen molar-refractivity contribution < 1.29 is 14.5 Å². The second-order valence-corrected chi connectivity index (χ2v) is 4.31. The molecule has 0 N–H and O–H groups in total. The highest BCUT2D eigenvalue weighted by molar-refractivity contribution is 5.81. The molecular formula is C12H12N4O4. The fraction of sp³-hybridized carbons (Fsp3) is 0.417. The number of esters is 1. The number of anilines is 1. The maximum Gasteiger partial charge on any atom is 0.328 e. The molecule has 8 nitrogen and oxygen atoms in total. The second kappa shape index (κ2) is 5.52. The van der Waals surface area contributed by atoms with Crippen LogP contribution in [0.15, 0.2) is 12.3 Å². The van der Waals surface area contributed by atoms with Crippen LogP contribution in [0, 0.1) is 21.4 Å². The molecule has 2 rings (SSSR count). The molecule has 0 radical (unpaired) electrons. The van der Waals surface area contributed by atoms with Crippen molar-refractivity contribution in [2.45, 2.75) is 18.9 Å². The first-order valence-corrected chi connectivity index (χ1v) is 5.97. The van der Waals surface area contributed by atoms with Gasteiger partial charge in [-0.15, -0.1) is 0 Å². The van der Waals surface area contributed by atoms with Crippen molar-refractivity contribution in [3.63, 3.8) is 0 Å². The summed E-state index contributed by atoms with van der Waals surface area (Å²) in [5, 5.41) is 19.9. The third kappa shape index (κ3) is 2.38. The first-order chi connectivity index (χ1) is 9.58. The second-order valence-electron chi connectivity index (χ2n) is 4.31. The summed E-state index contributed by atoms with van der Waals surface area (Å²) in [6.07, 6.45) is 2.54. The summed E-state index contributed by atoms with van der Waals surface area (Å²) in [4.78, 5) is 27.7. The smallest absolute Gasteiger partial charge is 0.328 e. The number of pyridine rings is 1. The van der Waals surface area contributed by atoms with Crippen LogP contribution in [0.4, 0.5) is 11.5 Å². The SMILES string of the molecule is COC(=O)C1CCCN1c1ncc(C#N)cc1[N+](=O)[O-]. The minimum absolute atomic E-state index is 0.0990. The largest absolute Gasteiger partial charge is 0.467 e. The van der Waals surface area contributed by atoms with Gasteiger partial charge in [-0.3, -0.25) is 10.1 Å². The molecule has 1 aliphatic rings. The van der Waals surface area contributed by atoms with E-state index < -0.39 is 16.9 Å². The lowest BCUT2D eigenvalue weighted by Crippen LogP contribution is -2.37. The Morgan fingerprint density at radius 3 is 3.05 bits per heavy atom. The number of nitriles is 1. The Labute approximate surface area is 114 Å². The first kappa shape index (κ1) is 13.7. The van der Waals surface area contributed by atoms with Crippen LogP contribution < -0.4 is 4.90 Å². The summed E-state index contributed by atoms with van der Waals surface area (Å²) < 4.78 is 4.70. The number of nitrogens with zero attached hydrogens (tertiary/aromatic N) is 4. The Bertz CT molecular complexity index is 596. The van der Waals surface area contributed by atoms with E-state index in [1.165, 1.54) is 13.3 Å². The number of hydrogen-bond donors (Lipinski definition) is 0. The lowest BCUT2D eigenvalue weighted by atomic mass is 10.2. The van der Waals surface area contributed by atoms with E-state index in [4.69, 9.17) is 10.00 Å². The van der Waals surface area contributed by atoms with Gasteiger partial charge in [0.05, 0.1) is 17.6 Å². The highest BCUT2D eigenvalue weighted by atomic mass is 16.6. The zero-order chi connectivity index (χ0) is 14.7. The van der Waals surface area contributed by atoms with E-state index in [9.17, 15) is 14.9 Å². The lowest BCUT2D eigenvalue weighted by Gasteiger charge is -2.23. The summed E-state index contributed by atoms with van der Waals surface area (Å²) in [6, 6.07) is 2.40. The van der Waals surface area contributed by atoms with Crippen LogP contribution >= 0.6 is 0 Å². The molecule has 0 spiro atoms. The normalized spacial score (nSPS) is 17.6. The number of carbonyl (C=O) groups is 1. The van der Waals surface area contributed by atoms with Crippen molar-refractivity contribution in [2.75, 3.05) is 18.6 Å². The highest BCUT2D eigenvalue weighted by Crippen LogP contribution is 2.32. The van der Waals surface area contributed by atoms with Gasteiger partial charge in [0, 0.05) is 18.8 Å². The number of nitro groups is 1. The van der Waals surface area contributed by atoms with Crippen LogP contribution in [-0.4, -0.2) is 35.6 Å². The van der Waals surface area contributed by atoms with Crippen molar-refractivity contribution in [3.8, 4) is 6.07 Å². The van der Waals surface area contributed by atoms with Crippen LogP contribution in [0.5, 0.6) is 0 Å². The molecule has 8 heteroatoms. The molecule has 1 fully saturated rings. The van der Waals surface area contributed by atoms with E-state index in [2.05, 4.69) is 4.98 Å². The third-order valence-corrected chi connectivity index (χ3v) is 3.17. The molecule has 0 bridgehead atoms. The maximum absolute atomic E-state index is 11.7. The molecule has 104 valence electrons. The van der Waals surface area contributed by atoms with Gasteiger partial charge in [-0.1, -0.05) is 0 Å². The predicted octanol–water partition coefficient (Wildman–Crippen LogP) is 1.00. The lowest BCUT2D eigenvalue weighted by molar-refractivity contribution is -0.384. The van der Waals surface area contributed by atoms with Gasteiger partial charge in [0.25, 0.3) is 0 Å². The molecule has 1 aromatic heterocycles. The number of hydrogen-bond acceptors (Lipinski definition) is 7. The van der Waals surface area contributed by atoms with E-state index in [1.807, 2.05) is 6.07 Å². The van der Waals surface area contributed by atoms with Crippen molar-refractivity contribution in [3.05, 3.63) is 27.9 Å². The highest BCUT2D eigenvalue weighted by Gasteiger charge is 2.36. The molecule has 1 atom stereocenters. The van der Waals surface area contributed by atoms with Crippen LogP contribution in [-0.2, 0) is 9.53 Å². The van der Waals surface area contributed by atoms with Gasteiger partial charge in [-0.2, -0.15) is 5.26 Å². The molecule has 1 unspecified atom stereocenters. The topological polar surface area (TPSA) is 109 Å². The Balaban J connectivity index is 2.44. The van der Waals surface area contributed by atoms with Gasteiger partial charge >= 0.3 is 11.7 Å². The van der Waals surface area contributed by atoms with Gasteiger partial charge in [0.1, 0.15) is 12.1 Å². The monoisotopic (exact) mass is 276 g/mol. The Morgan fingerprint density at radius 2 is 2.45 bits per heavy atom. The molecule has 0 saturated carbocycles. The fourth-order valence-electron chi connectivity index (χ4n) is 2.26. The van der Waals surface area contributed by atoms with Crippen molar-refractivity contribution in [2.24, 2.45) is 0 Å². The van der Waals surface area contributed by atoms with Crippen LogP contribution in [0.3, 0.4) is 0 Å². The van der Waals surface area contributed by atoms with Crippen LogP contribution in [0.1, 0.15) is 18.4 Å². The summed E-state index contributed by atoms with van der Waals surface area (Å²) in [7, 11) is 1.28. The number of rotatable bonds is 3. The van der Waals surface area contributed by atoms with Crippen molar-refractivity contribution >= 4 is 17.5 Å². The zero-order valence-corrected chi connectivity index (χ0v) is 10.8. The van der Waals surface area contributed by atoms with Gasteiger partial charge in [-0.25, -0.2) is 9.78 Å². The molecule has 0 amide bonds. The van der Waals surface area contributed by atoms with Crippen molar-refractivity contribution in [1.82, 2.24) is 4.98 Å². The Morgan fingerprint density at radius 1 is 1.70 bits per heavy atom. The van der Waals surface area contributed by atoms with Crippen LogP contribution in [0.25, 0.3) is 0 Å². The van der Waals surface area contributed by atoms with Crippen LogP contribution in [0.2, 0.25) is 0 Å². The third-order valence-electron chi connectivity index (χ3n) is 3.17.